The van der Waals surface area contributed by atoms with E-state index in [1.165, 1.54) is 6.42 Å². The van der Waals surface area contributed by atoms with Crippen molar-refractivity contribution in [3.05, 3.63) is 48.2 Å². The molecule has 3 unspecified atom stereocenters. The molecule has 2 heterocycles. The molecule has 2 aromatic heterocycles. The van der Waals surface area contributed by atoms with Crippen LogP contribution in [0.5, 0.6) is 5.75 Å². The highest BCUT2D eigenvalue weighted by Gasteiger charge is 2.49. The zero-order valence-corrected chi connectivity index (χ0v) is 20.4. The zero-order valence-electron chi connectivity index (χ0n) is 20.4. The molecule has 0 spiro atoms. The lowest BCUT2D eigenvalue weighted by atomic mass is 9.71. The molecule has 0 saturated heterocycles. The minimum Gasteiger partial charge on any atom is -0.496 e. The fourth-order valence-electron chi connectivity index (χ4n) is 5.80. The number of nitrogens with zero attached hydrogens (tertiary/aromatic N) is 2. The number of rotatable bonds is 4. The lowest BCUT2D eigenvalue weighted by molar-refractivity contribution is -0.127. The third-order valence-electron chi connectivity index (χ3n) is 7.11. The van der Waals surface area contributed by atoms with E-state index in [4.69, 9.17) is 9.72 Å². The molecule has 5 rings (SSSR count). The highest BCUT2D eigenvalue weighted by molar-refractivity contribution is 6.00. The van der Waals surface area contributed by atoms with E-state index in [2.05, 4.69) is 23.3 Å². The van der Waals surface area contributed by atoms with Gasteiger partial charge in [0.2, 0.25) is 5.91 Å². The predicted molar refractivity (Wildman–Crippen MR) is 134 cm³/mol. The van der Waals surface area contributed by atoms with Crippen molar-refractivity contribution in [3.8, 4) is 16.9 Å². The van der Waals surface area contributed by atoms with Gasteiger partial charge in [0, 0.05) is 22.2 Å². The maximum Gasteiger partial charge on any atom is 0.231 e. The summed E-state index contributed by atoms with van der Waals surface area (Å²) in [6.07, 6.45) is 5.34. The first kappa shape index (κ1) is 23.2. The topological polar surface area (TPSA) is 64.1 Å². The van der Waals surface area contributed by atoms with Crippen molar-refractivity contribution in [1.82, 2.24) is 9.97 Å². The van der Waals surface area contributed by atoms with Crippen molar-refractivity contribution in [2.24, 2.45) is 17.3 Å². The van der Waals surface area contributed by atoms with Crippen LogP contribution in [0.15, 0.2) is 42.5 Å². The van der Waals surface area contributed by atoms with Gasteiger partial charge in [-0.15, -0.1) is 0 Å². The van der Waals surface area contributed by atoms with E-state index in [0.29, 0.717) is 23.3 Å². The van der Waals surface area contributed by atoms with E-state index in [9.17, 15) is 4.79 Å². The average molecular weight is 446 g/mol. The van der Waals surface area contributed by atoms with Gasteiger partial charge < -0.3 is 10.1 Å². The number of amides is 1. The Balaban J connectivity index is 0.00000126. The molecule has 1 aromatic carbocycles. The smallest absolute Gasteiger partial charge is 0.231 e. The summed E-state index contributed by atoms with van der Waals surface area (Å²) in [7, 11) is 1.66. The van der Waals surface area contributed by atoms with E-state index in [0.717, 1.165) is 53.6 Å². The summed E-state index contributed by atoms with van der Waals surface area (Å²) < 4.78 is 5.61. The lowest BCUT2D eigenvalue weighted by Gasteiger charge is -2.35. The fraction of sp³-hybridized carbons (Fsp3) is 0.464. The maximum absolute atomic E-state index is 13.6. The van der Waals surface area contributed by atoms with Gasteiger partial charge in [0.25, 0.3) is 0 Å². The number of carbonyl (C=O) groups excluding carboxylic acids is 1. The molecule has 3 aromatic rings. The Morgan fingerprint density at radius 2 is 1.88 bits per heavy atom. The number of anilines is 1. The molecular weight excluding hydrogens is 410 g/mol. The summed E-state index contributed by atoms with van der Waals surface area (Å²) >= 11 is 0. The van der Waals surface area contributed by atoms with Gasteiger partial charge in [0.15, 0.2) is 5.65 Å². The molecule has 1 N–H and O–H groups in total. The number of hydrogen-bond donors (Lipinski definition) is 1. The van der Waals surface area contributed by atoms with Crippen molar-refractivity contribution in [1.29, 1.82) is 0 Å². The quantitative estimate of drug-likeness (QED) is 0.480. The number of benzene rings is 1. The van der Waals surface area contributed by atoms with Crippen LogP contribution in [0.1, 0.15) is 58.6 Å². The molecule has 2 bridgehead atoms. The van der Waals surface area contributed by atoms with E-state index in [1.807, 2.05) is 57.2 Å². The summed E-state index contributed by atoms with van der Waals surface area (Å²) in [5.74, 6) is 2.70. The van der Waals surface area contributed by atoms with E-state index in [1.54, 1.807) is 7.11 Å². The molecule has 174 valence electrons. The molecule has 2 aliphatic rings. The normalized spacial score (nSPS) is 23.5. The van der Waals surface area contributed by atoms with Crippen LogP contribution in [0.3, 0.4) is 0 Å². The van der Waals surface area contributed by atoms with Crippen molar-refractivity contribution >= 4 is 22.8 Å². The summed E-state index contributed by atoms with van der Waals surface area (Å²) in [6, 6.07) is 13.9. The van der Waals surface area contributed by atoms with Gasteiger partial charge in [-0.3, -0.25) is 4.79 Å². The second kappa shape index (κ2) is 9.50. The Hall–Kier alpha value is -2.95. The molecule has 0 aliphatic heterocycles. The minimum absolute atomic E-state index is 0.109. The summed E-state index contributed by atoms with van der Waals surface area (Å²) in [5, 5.41) is 4.17. The largest absolute Gasteiger partial charge is 0.496 e. The maximum atomic E-state index is 13.6. The molecule has 0 radical (unpaired) electrons. The molecule has 3 atom stereocenters. The van der Waals surface area contributed by atoms with Gasteiger partial charge in [-0.05, 0) is 75.1 Å². The molecular formula is C28H35N3O2. The van der Waals surface area contributed by atoms with Crippen LogP contribution < -0.4 is 10.1 Å². The van der Waals surface area contributed by atoms with Crippen molar-refractivity contribution < 1.29 is 9.53 Å². The number of aromatic nitrogens is 2. The Labute approximate surface area is 197 Å². The predicted octanol–water partition coefficient (Wildman–Crippen LogP) is 6.79. The second-order valence-electron chi connectivity index (χ2n) is 9.47. The number of aryl methyl sites for hydroxylation is 1. The van der Waals surface area contributed by atoms with Crippen LogP contribution in [-0.2, 0) is 4.79 Å². The number of para-hydroxylation sites is 1. The highest BCUT2D eigenvalue weighted by atomic mass is 16.5. The first-order chi connectivity index (χ1) is 16.0. The lowest BCUT2D eigenvalue weighted by Crippen LogP contribution is -2.38. The molecule has 5 nitrogen and oxygen atoms in total. The number of pyridine rings is 2. The Morgan fingerprint density at radius 1 is 1.09 bits per heavy atom. The zero-order chi connectivity index (χ0) is 23.6. The van der Waals surface area contributed by atoms with Crippen LogP contribution in [0.2, 0.25) is 0 Å². The first-order valence-electron chi connectivity index (χ1n) is 12.2. The highest BCUT2D eigenvalue weighted by Crippen LogP contribution is 2.54. The van der Waals surface area contributed by atoms with E-state index < -0.39 is 0 Å². The Morgan fingerprint density at radius 3 is 2.67 bits per heavy atom. The third-order valence-corrected chi connectivity index (χ3v) is 7.11. The monoisotopic (exact) mass is 445 g/mol. The summed E-state index contributed by atoms with van der Waals surface area (Å²) in [6.45, 7) is 8.23. The van der Waals surface area contributed by atoms with Gasteiger partial charge in [0.1, 0.15) is 11.6 Å². The van der Waals surface area contributed by atoms with Gasteiger partial charge in [-0.1, -0.05) is 39.0 Å². The van der Waals surface area contributed by atoms with E-state index in [-0.39, 0.29) is 11.3 Å². The standard InChI is InChI=1S/C26H29N3O2.C2H6/c1-16-12-18-10-11-26(14-16,15-18)25(30)29-24-21(20-6-4-5-7-22(20)31-3)13-19-9-8-17(2)27-23(19)28-24;1-2/h4-9,13,16,18H,10-12,14-15H2,1-3H3,(H,27,28,29,30);1-2H3. The summed E-state index contributed by atoms with van der Waals surface area (Å²) in [5.41, 5.74) is 3.05. The number of fused-ring (bicyclic) bond motifs is 3. The van der Waals surface area contributed by atoms with Gasteiger partial charge in [-0.25, -0.2) is 9.97 Å². The molecule has 2 aliphatic carbocycles. The van der Waals surface area contributed by atoms with Gasteiger partial charge in [-0.2, -0.15) is 0 Å². The van der Waals surface area contributed by atoms with Crippen LogP contribution in [0.4, 0.5) is 5.82 Å². The van der Waals surface area contributed by atoms with Gasteiger partial charge >= 0.3 is 0 Å². The van der Waals surface area contributed by atoms with Crippen molar-refractivity contribution in [3.63, 3.8) is 0 Å². The molecule has 2 fully saturated rings. The van der Waals surface area contributed by atoms with E-state index >= 15 is 0 Å². The SMILES string of the molecule is CC.COc1ccccc1-c1cc2ccc(C)nc2nc1NC(=O)C12CCC(CC(C)C1)C2. The second-order valence-corrected chi connectivity index (χ2v) is 9.47. The molecule has 33 heavy (non-hydrogen) atoms. The number of nitrogens with one attached hydrogen (secondary N) is 1. The van der Waals surface area contributed by atoms with Crippen LogP contribution in [0, 0.1) is 24.2 Å². The molecule has 2 saturated carbocycles. The number of carbonyl (C=O) groups is 1. The first-order valence-corrected chi connectivity index (χ1v) is 12.2. The number of hydrogen-bond acceptors (Lipinski definition) is 4. The summed E-state index contributed by atoms with van der Waals surface area (Å²) in [4.78, 5) is 23.1. The number of methoxy groups -OCH3 is 1. The van der Waals surface area contributed by atoms with Crippen molar-refractivity contribution in [2.45, 2.75) is 59.8 Å². The fourth-order valence-corrected chi connectivity index (χ4v) is 5.80. The number of ether oxygens (including phenoxy) is 1. The third kappa shape index (κ3) is 4.46. The Bertz CT molecular complexity index is 1160. The Kier molecular flexibility index (Phi) is 6.68. The minimum atomic E-state index is -0.267. The molecule has 5 heteroatoms. The van der Waals surface area contributed by atoms with Crippen LogP contribution >= 0.6 is 0 Å². The van der Waals surface area contributed by atoms with Gasteiger partial charge in [0.05, 0.1) is 12.5 Å². The average Bonchev–Trinajstić information content (AvgIpc) is 3.15. The van der Waals surface area contributed by atoms with Crippen LogP contribution in [0.25, 0.3) is 22.2 Å². The van der Waals surface area contributed by atoms with Crippen LogP contribution in [-0.4, -0.2) is 23.0 Å². The van der Waals surface area contributed by atoms with Crippen molar-refractivity contribution in [2.75, 3.05) is 12.4 Å². The molecule has 1 amide bonds.